The summed E-state index contributed by atoms with van der Waals surface area (Å²) in [5.41, 5.74) is 6.82. The highest BCUT2D eigenvalue weighted by Gasteiger charge is 2.10. The van der Waals surface area contributed by atoms with Crippen LogP contribution in [0.3, 0.4) is 0 Å². The van der Waals surface area contributed by atoms with Gasteiger partial charge in [0.15, 0.2) is 0 Å². The van der Waals surface area contributed by atoms with Gasteiger partial charge in [-0.3, -0.25) is 0 Å². The summed E-state index contributed by atoms with van der Waals surface area (Å²) in [4.78, 5) is 1.25. The molecule has 1 atom stereocenters. The largest absolute Gasteiger partial charge is 0.497 e. The molecule has 0 aliphatic heterocycles. The first-order valence-corrected chi connectivity index (χ1v) is 6.35. The standard InChI is InChI=1S/C13H16N2OS/c1-16-11-5-2-4-10(8-11)15-12(9-14)13-6-3-7-17-13/h2-8,12,15H,9,14H2,1H3. The molecule has 1 unspecified atom stereocenters. The molecular weight excluding hydrogens is 232 g/mol. The average molecular weight is 248 g/mol. The molecule has 17 heavy (non-hydrogen) atoms. The van der Waals surface area contributed by atoms with Crippen molar-refractivity contribution in [2.24, 2.45) is 5.73 Å². The number of nitrogens with one attached hydrogen (secondary N) is 1. The van der Waals surface area contributed by atoms with Gasteiger partial charge in [0.05, 0.1) is 13.2 Å². The van der Waals surface area contributed by atoms with Crippen molar-refractivity contribution in [3.63, 3.8) is 0 Å². The fourth-order valence-electron chi connectivity index (χ4n) is 1.65. The fraction of sp³-hybridized carbons (Fsp3) is 0.231. The topological polar surface area (TPSA) is 47.3 Å². The smallest absolute Gasteiger partial charge is 0.120 e. The maximum atomic E-state index is 5.80. The van der Waals surface area contributed by atoms with Crippen LogP contribution in [0.4, 0.5) is 5.69 Å². The number of benzene rings is 1. The van der Waals surface area contributed by atoms with Gasteiger partial charge in [-0.1, -0.05) is 12.1 Å². The Kier molecular flexibility index (Phi) is 4.01. The van der Waals surface area contributed by atoms with Crippen LogP contribution in [0, 0.1) is 0 Å². The molecule has 0 saturated carbocycles. The first-order chi connectivity index (χ1) is 8.33. The fourth-order valence-corrected chi connectivity index (χ4v) is 2.44. The number of nitrogens with two attached hydrogens (primary N) is 1. The molecule has 1 aromatic carbocycles. The highest BCUT2D eigenvalue weighted by Crippen LogP contribution is 2.24. The molecule has 90 valence electrons. The first kappa shape index (κ1) is 12.0. The maximum Gasteiger partial charge on any atom is 0.120 e. The lowest BCUT2D eigenvalue weighted by atomic mass is 10.2. The minimum Gasteiger partial charge on any atom is -0.497 e. The lowest BCUT2D eigenvalue weighted by Crippen LogP contribution is -2.19. The number of hydrogen-bond acceptors (Lipinski definition) is 4. The molecule has 0 amide bonds. The molecule has 0 aliphatic carbocycles. The third-order valence-electron chi connectivity index (χ3n) is 2.53. The lowest BCUT2D eigenvalue weighted by molar-refractivity contribution is 0.415. The molecule has 0 radical (unpaired) electrons. The summed E-state index contributed by atoms with van der Waals surface area (Å²) >= 11 is 1.71. The Morgan fingerprint density at radius 2 is 2.24 bits per heavy atom. The molecule has 3 nitrogen and oxygen atoms in total. The Morgan fingerprint density at radius 1 is 1.35 bits per heavy atom. The second-order valence-electron chi connectivity index (χ2n) is 3.68. The molecule has 0 spiro atoms. The van der Waals surface area contributed by atoms with E-state index in [0.29, 0.717) is 6.54 Å². The Morgan fingerprint density at radius 3 is 2.88 bits per heavy atom. The summed E-state index contributed by atoms with van der Waals surface area (Å²) in [6.07, 6.45) is 0. The van der Waals surface area contributed by atoms with Gasteiger partial charge < -0.3 is 15.8 Å². The van der Waals surface area contributed by atoms with Crippen molar-refractivity contribution in [2.75, 3.05) is 19.0 Å². The highest BCUT2D eigenvalue weighted by atomic mass is 32.1. The third kappa shape index (κ3) is 2.99. The van der Waals surface area contributed by atoms with Crippen LogP contribution in [-0.2, 0) is 0 Å². The molecule has 2 rings (SSSR count). The van der Waals surface area contributed by atoms with Crippen LogP contribution in [0.2, 0.25) is 0 Å². The normalized spacial score (nSPS) is 12.1. The Hall–Kier alpha value is -1.52. The van der Waals surface area contributed by atoms with Crippen molar-refractivity contribution in [3.8, 4) is 5.75 Å². The van der Waals surface area contributed by atoms with E-state index >= 15 is 0 Å². The van der Waals surface area contributed by atoms with E-state index < -0.39 is 0 Å². The number of thiophene rings is 1. The van der Waals surface area contributed by atoms with Crippen LogP contribution in [0.1, 0.15) is 10.9 Å². The summed E-state index contributed by atoms with van der Waals surface area (Å²) in [5.74, 6) is 0.844. The maximum absolute atomic E-state index is 5.80. The van der Waals surface area contributed by atoms with Crippen molar-refractivity contribution >= 4 is 17.0 Å². The summed E-state index contributed by atoms with van der Waals surface area (Å²) in [5, 5.41) is 5.47. The van der Waals surface area contributed by atoms with Gasteiger partial charge in [-0.05, 0) is 23.6 Å². The summed E-state index contributed by atoms with van der Waals surface area (Å²) in [6.45, 7) is 0.567. The zero-order valence-corrected chi connectivity index (χ0v) is 10.5. The van der Waals surface area contributed by atoms with Crippen LogP contribution in [0.25, 0.3) is 0 Å². The van der Waals surface area contributed by atoms with E-state index in [9.17, 15) is 0 Å². The molecular formula is C13H16N2OS. The van der Waals surface area contributed by atoms with Gasteiger partial charge >= 0.3 is 0 Å². The van der Waals surface area contributed by atoms with Crippen LogP contribution in [-0.4, -0.2) is 13.7 Å². The monoisotopic (exact) mass is 248 g/mol. The first-order valence-electron chi connectivity index (χ1n) is 5.47. The van der Waals surface area contributed by atoms with Crippen LogP contribution in [0.15, 0.2) is 41.8 Å². The van der Waals surface area contributed by atoms with Gasteiger partial charge in [-0.2, -0.15) is 0 Å². The predicted molar refractivity (Wildman–Crippen MR) is 72.7 cm³/mol. The molecule has 2 aromatic rings. The highest BCUT2D eigenvalue weighted by molar-refractivity contribution is 7.10. The van der Waals surface area contributed by atoms with Crippen LogP contribution >= 0.6 is 11.3 Å². The molecule has 0 bridgehead atoms. The molecule has 0 saturated heterocycles. The quantitative estimate of drug-likeness (QED) is 0.855. The molecule has 3 N–H and O–H groups in total. The molecule has 0 aliphatic rings. The number of ether oxygens (including phenoxy) is 1. The van der Waals surface area contributed by atoms with Gasteiger partial charge in [0.25, 0.3) is 0 Å². The van der Waals surface area contributed by atoms with E-state index in [1.54, 1.807) is 18.4 Å². The summed E-state index contributed by atoms with van der Waals surface area (Å²) in [6, 6.07) is 12.2. The Balaban J connectivity index is 2.13. The van der Waals surface area contributed by atoms with Crippen molar-refractivity contribution in [1.29, 1.82) is 0 Å². The van der Waals surface area contributed by atoms with E-state index in [1.807, 2.05) is 30.3 Å². The Labute approximate surface area is 105 Å². The minimum atomic E-state index is 0.155. The molecule has 4 heteroatoms. The van der Waals surface area contributed by atoms with Crippen LogP contribution < -0.4 is 15.8 Å². The van der Waals surface area contributed by atoms with E-state index in [4.69, 9.17) is 10.5 Å². The number of rotatable bonds is 5. The Bertz CT molecular complexity index is 456. The van der Waals surface area contributed by atoms with Crippen molar-refractivity contribution in [1.82, 2.24) is 0 Å². The summed E-state index contributed by atoms with van der Waals surface area (Å²) < 4.78 is 5.19. The van der Waals surface area contributed by atoms with Gasteiger partial charge in [0.1, 0.15) is 5.75 Å². The minimum absolute atomic E-state index is 0.155. The van der Waals surface area contributed by atoms with E-state index in [2.05, 4.69) is 16.8 Å². The summed E-state index contributed by atoms with van der Waals surface area (Å²) in [7, 11) is 1.67. The van der Waals surface area contributed by atoms with E-state index in [1.165, 1.54) is 4.88 Å². The number of hydrogen-bond donors (Lipinski definition) is 2. The van der Waals surface area contributed by atoms with Crippen LogP contribution in [0.5, 0.6) is 5.75 Å². The zero-order valence-electron chi connectivity index (χ0n) is 9.72. The van der Waals surface area contributed by atoms with Crippen molar-refractivity contribution in [3.05, 3.63) is 46.7 Å². The van der Waals surface area contributed by atoms with Gasteiger partial charge in [-0.15, -0.1) is 11.3 Å². The van der Waals surface area contributed by atoms with Crippen molar-refractivity contribution in [2.45, 2.75) is 6.04 Å². The van der Waals surface area contributed by atoms with Gasteiger partial charge in [0.2, 0.25) is 0 Å². The zero-order chi connectivity index (χ0) is 12.1. The second kappa shape index (κ2) is 5.70. The second-order valence-corrected chi connectivity index (χ2v) is 4.66. The average Bonchev–Trinajstić information content (AvgIpc) is 2.90. The lowest BCUT2D eigenvalue weighted by Gasteiger charge is -2.17. The molecule has 0 fully saturated rings. The van der Waals surface area contributed by atoms with Gasteiger partial charge in [-0.25, -0.2) is 0 Å². The number of methoxy groups -OCH3 is 1. The van der Waals surface area contributed by atoms with E-state index in [0.717, 1.165) is 11.4 Å². The predicted octanol–water partition coefficient (Wildman–Crippen LogP) is 2.87. The van der Waals surface area contributed by atoms with E-state index in [-0.39, 0.29) is 6.04 Å². The molecule has 1 aromatic heterocycles. The number of anilines is 1. The van der Waals surface area contributed by atoms with Gasteiger partial charge in [0, 0.05) is 23.2 Å². The SMILES string of the molecule is COc1cccc(NC(CN)c2cccs2)c1. The van der Waals surface area contributed by atoms with Crippen molar-refractivity contribution < 1.29 is 4.74 Å². The third-order valence-corrected chi connectivity index (χ3v) is 3.52. The molecule has 1 heterocycles.